The number of ketones is 2. The first-order valence-electron chi connectivity index (χ1n) is 14.6. The lowest BCUT2D eigenvalue weighted by Crippen LogP contribution is -2.51. The van der Waals surface area contributed by atoms with E-state index in [1.54, 1.807) is 0 Å². The maximum atomic E-state index is 14.9. The van der Waals surface area contributed by atoms with Crippen molar-refractivity contribution < 1.29 is 14.4 Å². The molecule has 41 heavy (non-hydrogen) atoms. The van der Waals surface area contributed by atoms with Crippen LogP contribution >= 0.6 is 0 Å². The Morgan fingerprint density at radius 1 is 0.951 bits per heavy atom. The molecule has 4 atom stereocenters. The number of rotatable bonds is 5. The molecule has 3 aromatic carbocycles. The summed E-state index contributed by atoms with van der Waals surface area (Å²) in [5.74, 6) is -0.874. The molecule has 5 nitrogen and oxygen atoms in total. The summed E-state index contributed by atoms with van der Waals surface area (Å²) in [6.45, 7) is 12.1. The molecule has 0 radical (unpaired) electrons. The maximum absolute atomic E-state index is 14.9. The number of carbonyl (C=O) groups excluding carboxylic acids is 3. The summed E-state index contributed by atoms with van der Waals surface area (Å²) in [6.07, 6.45) is 3.02. The number of Topliss-reactive ketones (excluding diaryl/α,β-unsaturated/α-hetero) is 2. The molecule has 6 rings (SSSR count). The molecule has 0 aromatic heterocycles. The van der Waals surface area contributed by atoms with Crippen molar-refractivity contribution in [3.05, 3.63) is 101 Å². The van der Waals surface area contributed by atoms with E-state index in [4.69, 9.17) is 0 Å². The van der Waals surface area contributed by atoms with Crippen molar-refractivity contribution in [2.45, 2.75) is 65.5 Å². The second-order valence-corrected chi connectivity index (χ2v) is 13.3. The van der Waals surface area contributed by atoms with Gasteiger partial charge in [-0.3, -0.25) is 14.4 Å². The van der Waals surface area contributed by atoms with Crippen LogP contribution in [0.15, 0.2) is 78.9 Å². The molecular weight excluding hydrogens is 508 g/mol. The monoisotopic (exact) mass is 546 g/mol. The summed E-state index contributed by atoms with van der Waals surface area (Å²) in [6, 6.07) is 22.1. The molecule has 1 N–H and O–H groups in total. The zero-order valence-corrected chi connectivity index (χ0v) is 24.7. The molecule has 3 aliphatic heterocycles. The van der Waals surface area contributed by atoms with Gasteiger partial charge in [-0.2, -0.15) is 0 Å². The van der Waals surface area contributed by atoms with Crippen LogP contribution in [0.25, 0.3) is 5.57 Å². The number of allylic oxidation sites excluding steroid dienone is 1. The highest BCUT2D eigenvalue weighted by Crippen LogP contribution is 2.59. The zero-order chi connectivity index (χ0) is 29.3. The van der Waals surface area contributed by atoms with Gasteiger partial charge in [0.2, 0.25) is 5.91 Å². The van der Waals surface area contributed by atoms with Gasteiger partial charge in [-0.05, 0) is 48.1 Å². The number of nitrogens with one attached hydrogen (secondary N) is 1. The van der Waals surface area contributed by atoms with Crippen molar-refractivity contribution >= 4 is 34.4 Å². The Morgan fingerprint density at radius 3 is 2.29 bits per heavy atom. The third kappa shape index (κ3) is 4.00. The lowest BCUT2D eigenvalue weighted by Gasteiger charge is -2.39. The number of benzene rings is 3. The number of fused-ring (bicyclic) bond motifs is 6. The average molecular weight is 547 g/mol. The van der Waals surface area contributed by atoms with Crippen LogP contribution in [0.1, 0.15) is 68.6 Å². The van der Waals surface area contributed by atoms with Crippen molar-refractivity contribution in [3.63, 3.8) is 0 Å². The normalized spacial score (nSPS) is 24.6. The fourth-order valence-corrected chi connectivity index (χ4v) is 7.29. The van der Waals surface area contributed by atoms with E-state index in [-0.39, 0.29) is 17.5 Å². The Hall–Kier alpha value is -3.99. The molecule has 3 aromatic rings. The van der Waals surface area contributed by atoms with Crippen LogP contribution in [-0.2, 0) is 21.4 Å². The summed E-state index contributed by atoms with van der Waals surface area (Å²) in [5, 5.41) is 3.11. The highest BCUT2D eigenvalue weighted by Gasteiger charge is 2.71. The van der Waals surface area contributed by atoms with Crippen molar-refractivity contribution in [2.24, 2.45) is 17.3 Å². The number of hydrogen-bond acceptors (Lipinski definition) is 4. The first-order chi connectivity index (χ1) is 19.5. The lowest BCUT2D eigenvalue weighted by molar-refractivity contribution is -0.128. The minimum Gasteiger partial charge on any atom is -0.352 e. The van der Waals surface area contributed by atoms with E-state index in [1.165, 1.54) is 0 Å². The van der Waals surface area contributed by atoms with Gasteiger partial charge >= 0.3 is 0 Å². The van der Waals surface area contributed by atoms with E-state index >= 15 is 0 Å². The van der Waals surface area contributed by atoms with Gasteiger partial charge in [-0.1, -0.05) is 101 Å². The Labute approximate surface area is 242 Å². The molecule has 3 heterocycles. The fraction of sp³-hybridized carbons (Fsp3) is 0.361. The minimum atomic E-state index is -1.27. The van der Waals surface area contributed by atoms with Gasteiger partial charge in [-0.25, -0.2) is 0 Å². The molecule has 0 saturated carbocycles. The Kier molecular flexibility index (Phi) is 6.33. The molecule has 1 fully saturated rings. The quantitative estimate of drug-likeness (QED) is 0.355. The second kappa shape index (κ2) is 9.54. The van der Waals surface area contributed by atoms with Crippen molar-refractivity contribution in [2.75, 3.05) is 10.2 Å². The van der Waals surface area contributed by atoms with E-state index in [2.05, 4.69) is 30.1 Å². The standard InChI is InChI=1S/C36H38N2O3/c1-21(2)19-23-15-17-24(18-16-23)32(39)30-31(33(40)35(4,5)6)38-28-14-10-7-11-25(28)22(3)20-29(38)36(30)26-12-8-9-13-27(26)37-34(36)41/h7-18,20-21,29-31H,19H2,1-6H3,(H,37,41)/t29-,30+,31-,36-/m1/s1. The van der Waals surface area contributed by atoms with Gasteiger partial charge in [0.15, 0.2) is 11.6 Å². The van der Waals surface area contributed by atoms with E-state index < -0.39 is 28.8 Å². The molecule has 0 bridgehead atoms. The summed E-state index contributed by atoms with van der Waals surface area (Å²) in [7, 11) is 0. The van der Waals surface area contributed by atoms with Crippen LogP contribution in [0.2, 0.25) is 0 Å². The predicted molar refractivity (Wildman–Crippen MR) is 164 cm³/mol. The molecule has 0 unspecified atom stereocenters. The Bertz CT molecular complexity index is 1590. The van der Waals surface area contributed by atoms with Gasteiger partial charge in [0.1, 0.15) is 11.5 Å². The van der Waals surface area contributed by atoms with Crippen LogP contribution in [0.5, 0.6) is 0 Å². The lowest BCUT2D eigenvalue weighted by atomic mass is 9.63. The van der Waals surface area contributed by atoms with Crippen LogP contribution in [-0.4, -0.2) is 29.6 Å². The highest BCUT2D eigenvalue weighted by molar-refractivity contribution is 6.17. The van der Waals surface area contributed by atoms with Crippen LogP contribution in [0.3, 0.4) is 0 Å². The molecule has 1 amide bonds. The number of amides is 1. The molecule has 210 valence electrons. The third-order valence-electron chi connectivity index (χ3n) is 9.06. The molecule has 5 heteroatoms. The van der Waals surface area contributed by atoms with E-state index in [9.17, 15) is 14.4 Å². The summed E-state index contributed by atoms with van der Waals surface area (Å²) in [5.41, 5.74) is 4.10. The Balaban J connectivity index is 1.63. The van der Waals surface area contributed by atoms with Gasteiger partial charge in [-0.15, -0.1) is 0 Å². The molecule has 3 aliphatic rings. The summed E-state index contributed by atoms with van der Waals surface area (Å²) in [4.78, 5) is 46.0. The largest absolute Gasteiger partial charge is 0.352 e. The predicted octanol–water partition coefficient (Wildman–Crippen LogP) is 6.86. The number of nitrogens with zero attached hydrogens (tertiary/aromatic N) is 1. The van der Waals surface area contributed by atoms with Crippen LogP contribution < -0.4 is 10.2 Å². The molecule has 1 saturated heterocycles. The SMILES string of the molecule is CC1=C[C@H]2N(c3ccccc31)[C@@H](C(=O)C(C)(C)C)[C@@H](C(=O)c1ccc(CC(C)C)cc1)[C@]21C(=O)Nc2ccccc21. The number of anilines is 2. The van der Waals surface area contributed by atoms with Crippen LogP contribution in [0.4, 0.5) is 11.4 Å². The van der Waals surface area contributed by atoms with Crippen molar-refractivity contribution in [1.82, 2.24) is 0 Å². The van der Waals surface area contributed by atoms with Crippen molar-refractivity contribution in [1.29, 1.82) is 0 Å². The fourth-order valence-electron chi connectivity index (χ4n) is 7.29. The number of carbonyl (C=O) groups is 3. The van der Waals surface area contributed by atoms with Gasteiger partial charge in [0, 0.05) is 27.9 Å². The van der Waals surface area contributed by atoms with Crippen molar-refractivity contribution in [3.8, 4) is 0 Å². The number of hydrogen-bond donors (Lipinski definition) is 1. The van der Waals surface area contributed by atoms with Crippen LogP contribution in [0, 0.1) is 17.3 Å². The second-order valence-electron chi connectivity index (χ2n) is 13.3. The third-order valence-corrected chi connectivity index (χ3v) is 9.06. The highest BCUT2D eigenvalue weighted by atomic mass is 16.2. The van der Waals surface area contributed by atoms with Gasteiger partial charge in [0.25, 0.3) is 0 Å². The smallest absolute Gasteiger partial charge is 0.238 e. The van der Waals surface area contributed by atoms with Gasteiger partial charge in [0.05, 0.1) is 12.0 Å². The average Bonchev–Trinajstić information content (AvgIpc) is 3.40. The maximum Gasteiger partial charge on any atom is 0.238 e. The first kappa shape index (κ1) is 27.2. The minimum absolute atomic E-state index is 0.0471. The van der Waals surface area contributed by atoms with E-state index in [1.807, 2.05) is 100 Å². The first-order valence-corrected chi connectivity index (χ1v) is 14.6. The number of para-hydroxylation sites is 2. The molecule has 0 aliphatic carbocycles. The zero-order valence-electron chi connectivity index (χ0n) is 24.7. The summed E-state index contributed by atoms with van der Waals surface area (Å²) < 4.78 is 0. The Morgan fingerprint density at radius 2 is 1.61 bits per heavy atom. The summed E-state index contributed by atoms with van der Waals surface area (Å²) >= 11 is 0. The molecular formula is C36H38N2O3. The van der Waals surface area contributed by atoms with E-state index in [0.717, 1.165) is 34.4 Å². The van der Waals surface area contributed by atoms with E-state index in [0.29, 0.717) is 17.2 Å². The van der Waals surface area contributed by atoms with Gasteiger partial charge < -0.3 is 10.2 Å². The molecule has 1 spiro atoms. The topological polar surface area (TPSA) is 66.5 Å².